The molecular weight excluding hydrogens is 625 g/mol. The van der Waals surface area contributed by atoms with Crippen LogP contribution in [0.1, 0.15) is 60.8 Å². The molecule has 4 aromatic rings. The third-order valence-electron chi connectivity index (χ3n) is 7.67. The van der Waals surface area contributed by atoms with Gasteiger partial charge in [-0.1, -0.05) is 73.5 Å². The summed E-state index contributed by atoms with van der Waals surface area (Å²) < 4.78 is 71.1. The molecule has 0 saturated carbocycles. The van der Waals surface area contributed by atoms with E-state index in [1.165, 1.54) is 0 Å². The zero-order valence-electron chi connectivity index (χ0n) is 26.7. The molecule has 2 atom stereocenters. The topological polar surface area (TPSA) is 105 Å². The van der Waals surface area contributed by atoms with Crippen molar-refractivity contribution >= 4 is 20.2 Å². The van der Waals surface area contributed by atoms with E-state index < -0.39 is 20.2 Å². The third kappa shape index (κ3) is 10.5. The van der Waals surface area contributed by atoms with Gasteiger partial charge in [0.15, 0.2) is 0 Å². The lowest BCUT2D eigenvalue weighted by Gasteiger charge is -2.26. The summed E-state index contributed by atoms with van der Waals surface area (Å²) in [6, 6.07) is 29.3. The van der Waals surface area contributed by atoms with E-state index in [0.717, 1.165) is 35.1 Å². The monoisotopic (exact) mass is 666 g/mol. The van der Waals surface area contributed by atoms with Gasteiger partial charge in [-0.3, -0.25) is 0 Å². The van der Waals surface area contributed by atoms with Crippen molar-refractivity contribution < 1.29 is 34.7 Å². The molecule has 0 fully saturated rings. The molecule has 0 N–H and O–H groups in total. The first-order chi connectivity index (χ1) is 22.0. The highest BCUT2D eigenvalue weighted by Gasteiger charge is 2.22. The summed E-state index contributed by atoms with van der Waals surface area (Å²) in [6.45, 7) is 8.11. The molecule has 0 saturated heterocycles. The molecule has 0 spiro atoms. The van der Waals surface area contributed by atoms with Gasteiger partial charge in [0.05, 0.1) is 0 Å². The molecule has 0 heterocycles. The van der Waals surface area contributed by atoms with Gasteiger partial charge in [-0.05, 0) is 98.2 Å². The van der Waals surface area contributed by atoms with Crippen LogP contribution in [0.5, 0.6) is 23.0 Å². The second-order valence-corrected chi connectivity index (χ2v) is 14.6. The molecule has 4 aromatic carbocycles. The quantitative estimate of drug-likeness (QED) is 0.106. The van der Waals surface area contributed by atoms with Crippen molar-refractivity contribution in [3.63, 3.8) is 0 Å². The fraction of sp³-hybridized carbons (Fsp3) is 0.333. The van der Waals surface area contributed by atoms with Crippen molar-refractivity contribution in [2.45, 2.75) is 52.4 Å². The first kappa shape index (κ1) is 34.8. The van der Waals surface area contributed by atoms with Gasteiger partial charge in [-0.2, -0.15) is 16.8 Å². The summed E-state index contributed by atoms with van der Waals surface area (Å²) >= 11 is 0. The summed E-state index contributed by atoms with van der Waals surface area (Å²) in [5.74, 6) is 1.70. The van der Waals surface area contributed by atoms with Crippen LogP contribution in [0.3, 0.4) is 0 Å². The van der Waals surface area contributed by atoms with E-state index in [4.69, 9.17) is 17.8 Å². The number of rotatable bonds is 17. The maximum atomic E-state index is 12.3. The predicted molar refractivity (Wildman–Crippen MR) is 181 cm³/mol. The maximum absolute atomic E-state index is 12.3. The van der Waals surface area contributed by atoms with E-state index in [1.807, 2.05) is 62.4 Å². The van der Waals surface area contributed by atoms with Gasteiger partial charge in [0.2, 0.25) is 0 Å². The fourth-order valence-corrected chi connectivity index (χ4v) is 6.77. The third-order valence-corrected chi connectivity index (χ3v) is 9.90. The largest absolute Gasteiger partial charge is 0.492 e. The first-order valence-corrected chi connectivity index (χ1v) is 18.6. The zero-order valence-corrected chi connectivity index (χ0v) is 28.4. The van der Waals surface area contributed by atoms with E-state index in [9.17, 15) is 16.8 Å². The molecule has 0 amide bonds. The number of ether oxygens (including phenoxy) is 2. The number of aryl methyl sites for hydroxylation is 2. The Hall–Kier alpha value is -4.02. The molecule has 0 aromatic heterocycles. The van der Waals surface area contributed by atoms with Gasteiger partial charge in [0, 0.05) is 0 Å². The Kier molecular flexibility index (Phi) is 12.1. The highest BCUT2D eigenvalue weighted by molar-refractivity contribution is 7.87. The van der Waals surface area contributed by atoms with Gasteiger partial charge >= 0.3 is 20.2 Å². The SMILES string of the molecule is CCC(c1ccc(OCCS(=O)(=O)Oc2ccc(C)cc2)cc1)C(CC)c1ccc(OCCS(=O)(=O)Oc2ccc(C)cc2)cc1. The molecule has 2 unspecified atom stereocenters. The normalized spacial score (nSPS) is 13.0. The molecule has 246 valence electrons. The van der Waals surface area contributed by atoms with E-state index in [2.05, 4.69) is 13.8 Å². The molecule has 46 heavy (non-hydrogen) atoms. The summed E-state index contributed by atoms with van der Waals surface area (Å²) in [6.07, 6.45) is 1.84. The number of hydrogen-bond acceptors (Lipinski definition) is 8. The van der Waals surface area contributed by atoms with Crippen LogP contribution in [0.15, 0.2) is 97.1 Å². The first-order valence-electron chi connectivity index (χ1n) is 15.4. The van der Waals surface area contributed by atoms with Crippen molar-refractivity contribution in [3.05, 3.63) is 119 Å². The average molecular weight is 667 g/mol. The minimum Gasteiger partial charge on any atom is -0.492 e. The predicted octanol–water partition coefficient (Wildman–Crippen LogP) is 7.57. The Balaban J connectivity index is 1.28. The maximum Gasteiger partial charge on any atom is 0.312 e. The Morgan fingerprint density at radius 3 is 1.09 bits per heavy atom. The molecule has 0 aliphatic carbocycles. The van der Waals surface area contributed by atoms with Crippen LogP contribution in [0.2, 0.25) is 0 Å². The van der Waals surface area contributed by atoms with E-state index >= 15 is 0 Å². The lowest BCUT2D eigenvalue weighted by molar-refractivity contribution is 0.335. The summed E-state index contributed by atoms with van der Waals surface area (Å²) in [7, 11) is -7.57. The Labute approximate surface area is 273 Å². The molecule has 0 bridgehead atoms. The molecule has 0 radical (unpaired) electrons. The Bertz CT molecular complexity index is 1600. The van der Waals surface area contributed by atoms with E-state index in [1.54, 1.807) is 48.5 Å². The van der Waals surface area contributed by atoms with Crippen molar-refractivity contribution in [2.75, 3.05) is 24.7 Å². The summed E-state index contributed by atoms with van der Waals surface area (Å²) in [5.41, 5.74) is 4.36. The van der Waals surface area contributed by atoms with E-state index in [-0.39, 0.29) is 48.1 Å². The van der Waals surface area contributed by atoms with Gasteiger partial charge in [-0.15, -0.1) is 0 Å². The van der Waals surface area contributed by atoms with Crippen LogP contribution in [0.4, 0.5) is 0 Å². The second kappa shape index (κ2) is 16.0. The fourth-order valence-electron chi connectivity index (χ4n) is 5.21. The lowest BCUT2D eigenvalue weighted by Crippen LogP contribution is -2.19. The molecule has 0 aliphatic rings. The van der Waals surface area contributed by atoms with Gasteiger partial charge in [-0.25, -0.2) is 0 Å². The van der Waals surface area contributed by atoms with Gasteiger partial charge < -0.3 is 17.8 Å². The van der Waals surface area contributed by atoms with Crippen LogP contribution in [-0.4, -0.2) is 41.6 Å². The van der Waals surface area contributed by atoms with Crippen molar-refractivity contribution in [1.82, 2.24) is 0 Å². The Morgan fingerprint density at radius 2 is 0.783 bits per heavy atom. The minimum atomic E-state index is -3.78. The van der Waals surface area contributed by atoms with Crippen LogP contribution < -0.4 is 17.8 Å². The summed E-state index contributed by atoms with van der Waals surface area (Å²) in [5, 5.41) is 0. The van der Waals surface area contributed by atoms with Crippen LogP contribution >= 0.6 is 0 Å². The van der Waals surface area contributed by atoms with Crippen LogP contribution in [0, 0.1) is 13.8 Å². The highest BCUT2D eigenvalue weighted by Crippen LogP contribution is 2.39. The molecule has 8 nitrogen and oxygen atoms in total. The van der Waals surface area contributed by atoms with Gasteiger partial charge in [0.25, 0.3) is 0 Å². The van der Waals surface area contributed by atoms with Crippen LogP contribution in [0.25, 0.3) is 0 Å². The summed E-state index contributed by atoms with van der Waals surface area (Å²) in [4.78, 5) is 0. The smallest absolute Gasteiger partial charge is 0.312 e. The van der Waals surface area contributed by atoms with Gasteiger partial charge in [0.1, 0.15) is 47.7 Å². The molecule has 0 aliphatic heterocycles. The molecule has 10 heteroatoms. The number of hydrogen-bond donors (Lipinski definition) is 0. The van der Waals surface area contributed by atoms with Crippen molar-refractivity contribution in [2.24, 2.45) is 0 Å². The van der Waals surface area contributed by atoms with Crippen LogP contribution in [-0.2, 0) is 20.2 Å². The van der Waals surface area contributed by atoms with Crippen molar-refractivity contribution in [1.29, 1.82) is 0 Å². The second-order valence-electron chi connectivity index (χ2n) is 11.2. The Morgan fingerprint density at radius 1 is 0.478 bits per heavy atom. The molecule has 4 rings (SSSR count). The number of benzene rings is 4. The van der Waals surface area contributed by atoms with Crippen molar-refractivity contribution in [3.8, 4) is 23.0 Å². The zero-order chi connectivity index (χ0) is 33.2. The standard InChI is InChI=1S/C36H42O8S2/c1-5-35(29-11-19-31(20-12-29)41-23-25-45(37,38)43-33-15-7-27(3)8-16-33)36(6-2)30-13-21-32(22-14-30)42-24-26-46(39,40)44-34-17-9-28(4)10-18-34/h7-22,35-36H,5-6,23-26H2,1-4H3. The minimum absolute atomic E-state index is 0.0253. The lowest BCUT2D eigenvalue weighted by atomic mass is 9.78. The molecular formula is C36H42O8S2. The van der Waals surface area contributed by atoms with E-state index in [0.29, 0.717) is 11.5 Å². The highest BCUT2D eigenvalue weighted by atomic mass is 32.2. The average Bonchev–Trinajstić information content (AvgIpc) is 3.02.